The van der Waals surface area contributed by atoms with E-state index < -0.39 is 5.97 Å². The number of thioether (sulfide) groups is 1. The number of benzene rings is 1. The molecule has 0 aliphatic carbocycles. The van der Waals surface area contributed by atoms with Crippen LogP contribution in [0.2, 0.25) is 0 Å². The molecule has 0 atom stereocenters. The van der Waals surface area contributed by atoms with Crippen molar-refractivity contribution >= 4 is 39.5 Å². The van der Waals surface area contributed by atoms with Crippen molar-refractivity contribution < 1.29 is 9.90 Å². The number of aromatic carboxylic acids is 1. The van der Waals surface area contributed by atoms with Crippen molar-refractivity contribution in [3.05, 3.63) is 40.3 Å². The standard InChI is InChI=1S/C13H9N3O3S/c1-20-13-14-5-8-7-3-2-6(12(18)19)4-9(7)15-11(17)10(8)16-13/h2-5H,1H3,(H,15,17)(H,18,19). The quantitative estimate of drug-likeness (QED) is 0.424. The molecule has 0 bridgehead atoms. The Hall–Kier alpha value is -2.41. The maximum absolute atomic E-state index is 12.0. The molecule has 7 heteroatoms. The van der Waals surface area contributed by atoms with Crippen molar-refractivity contribution in [2.24, 2.45) is 0 Å². The van der Waals surface area contributed by atoms with E-state index in [4.69, 9.17) is 5.11 Å². The zero-order valence-electron chi connectivity index (χ0n) is 10.4. The number of hydrogen-bond acceptors (Lipinski definition) is 5. The van der Waals surface area contributed by atoms with Crippen molar-refractivity contribution in [1.29, 1.82) is 0 Å². The Morgan fingerprint density at radius 2 is 2.15 bits per heavy atom. The van der Waals surface area contributed by atoms with Gasteiger partial charge in [-0.05, 0) is 18.4 Å². The Bertz CT molecular complexity index is 904. The number of pyridine rings is 1. The SMILES string of the molecule is CSc1ncc2c(n1)c(=O)[nH]c1cc(C(=O)O)ccc12. The monoisotopic (exact) mass is 287 g/mol. The van der Waals surface area contributed by atoms with Crippen molar-refractivity contribution in [3.63, 3.8) is 0 Å². The molecule has 0 saturated heterocycles. The number of hydrogen-bond donors (Lipinski definition) is 2. The van der Waals surface area contributed by atoms with Gasteiger partial charge >= 0.3 is 5.97 Å². The first-order chi connectivity index (χ1) is 9.60. The third kappa shape index (κ3) is 1.92. The number of carboxylic acids is 1. The largest absolute Gasteiger partial charge is 0.478 e. The molecule has 6 nitrogen and oxygen atoms in total. The summed E-state index contributed by atoms with van der Waals surface area (Å²) in [6.07, 6.45) is 3.42. The maximum atomic E-state index is 12.0. The lowest BCUT2D eigenvalue weighted by Crippen LogP contribution is -2.09. The van der Waals surface area contributed by atoms with Crippen LogP contribution >= 0.6 is 11.8 Å². The fourth-order valence-corrected chi connectivity index (χ4v) is 2.37. The van der Waals surface area contributed by atoms with Crippen LogP contribution in [0.15, 0.2) is 34.3 Å². The maximum Gasteiger partial charge on any atom is 0.335 e. The van der Waals surface area contributed by atoms with Crippen LogP contribution in [0, 0.1) is 0 Å². The summed E-state index contributed by atoms with van der Waals surface area (Å²) in [5.41, 5.74) is 0.532. The number of nitrogens with one attached hydrogen (secondary N) is 1. The van der Waals surface area contributed by atoms with E-state index in [1.165, 1.54) is 23.9 Å². The number of carbonyl (C=O) groups is 1. The van der Waals surface area contributed by atoms with E-state index in [1.54, 1.807) is 12.3 Å². The predicted molar refractivity (Wildman–Crippen MR) is 76.4 cm³/mol. The molecule has 3 rings (SSSR count). The molecular formula is C13H9N3O3S. The van der Waals surface area contributed by atoms with Crippen molar-refractivity contribution in [1.82, 2.24) is 15.0 Å². The minimum absolute atomic E-state index is 0.120. The lowest BCUT2D eigenvalue weighted by atomic mass is 10.1. The molecule has 1 aromatic carbocycles. The molecule has 100 valence electrons. The van der Waals surface area contributed by atoms with Gasteiger partial charge in [0, 0.05) is 22.5 Å². The fraction of sp³-hybridized carbons (Fsp3) is 0.0769. The molecular weight excluding hydrogens is 278 g/mol. The Labute approximate surface area is 116 Å². The summed E-state index contributed by atoms with van der Waals surface area (Å²) >= 11 is 1.35. The second kappa shape index (κ2) is 4.61. The number of rotatable bonds is 2. The molecule has 20 heavy (non-hydrogen) atoms. The second-order valence-electron chi connectivity index (χ2n) is 4.14. The van der Waals surface area contributed by atoms with Gasteiger partial charge in [0.1, 0.15) is 5.52 Å². The first-order valence-electron chi connectivity index (χ1n) is 5.70. The molecule has 2 N–H and O–H groups in total. The van der Waals surface area contributed by atoms with Gasteiger partial charge in [0.25, 0.3) is 5.56 Å². The summed E-state index contributed by atoms with van der Waals surface area (Å²) in [5.74, 6) is -1.04. The van der Waals surface area contributed by atoms with Gasteiger partial charge in [-0.25, -0.2) is 14.8 Å². The normalized spacial score (nSPS) is 11.1. The Morgan fingerprint density at radius 3 is 2.85 bits per heavy atom. The third-order valence-electron chi connectivity index (χ3n) is 2.97. The van der Waals surface area contributed by atoms with E-state index in [-0.39, 0.29) is 11.1 Å². The van der Waals surface area contributed by atoms with Gasteiger partial charge in [0.05, 0.1) is 5.56 Å². The minimum Gasteiger partial charge on any atom is -0.478 e. The first-order valence-corrected chi connectivity index (χ1v) is 6.92. The Morgan fingerprint density at radius 1 is 1.35 bits per heavy atom. The molecule has 0 amide bonds. The molecule has 0 spiro atoms. The fourth-order valence-electron chi connectivity index (χ4n) is 2.03. The number of aromatic amines is 1. The van der Waals surface area contributed by atoms with Crippen LogP contribution in [-0.4, -0.2) is 32.3 Å². The van der Waals surface area contributed by atoms with Crippen LogP contribution in [0.1, 0.15) is 10.4 Å². The van der Waals surface area contributed by atoms with Crippen LogP contribution in [0.25, 0.3) is 21.8 Å². The van der Waals surface area contributed by atoms with Gasteiger partial charge in [0.15, 0.2) is 5.16 Å². The van der Waals surface area contributed by atoms with Crippen molar-refractivity contribution in [3.8, 4) is 0 Å². The summed E-state index contributed by atoms with van der Waals surface area (Å²) in [4.78, 5) is 34.0. The van der Waals surface area contributed by atoms with Crippen LogP contribution in [0.3, 0.4) is 0 Å². The molecule has 3 aromatic rings. The lowest BCUT2D eigenvalue weighted by molar-refractivity contribution is 0.0697. The highest BCUT2D eigenvalue weighted by molar-refractivity contribution is 7.98. The number of aromatic nitrogens is 3. The van der Waals surface area contributed by atoms with E-state index in [0.717, 1.165) is 5.39 Å². The zero-order chi connectivity index (χ0) is 14.3. The summed E-state index contributed by atoms with van der Waals surface area (Å²) in [6, 6.07) is 4.57. The molecule has 0 radical (unpaired) electrons. The van der Waals surface area contributed by atoms with Crippen LogP contribution in [-0.2, 0) is 0 Å². The Balaban J connectivity index is 2.42. The molecule has 0 fully saturated rings. The zero-order valence-corrected chi connectivity index (χ0v) is 11.2. The number of H-pyrrole nitrogens is 1. The molecule has 0 saturated carbocycles. The first kappa shape index (κ1) is 12.6. The average molecular weight is 287 g/mol. The van der Waals surface area contributed by atoms with Crippen molar-refractivity contribution in [2.75, 3.05) is 6.26 Å². The smallest absolute Gasteiger partial charge is 0.335 e. The summed E-state index contributed by atoms with van der Waals surface area (Å²) in [5, 5.41) is 10.8. The van der Waals surface area contributed by atoms with Gasteiger partial charge < -0.3 is 10.1 Å². The topological polar surface area (TPSA) is 95.9 Å². The van der Waals surface area contributed by atoms with E-state index in [2.05, 4.69) is 15.0 Å². The van der Waals surface area contributed by atoms with E-state index in [0.29, 0.717) is 21.6 Å². The third-order valence-corrected chi connectivity index (χ3v) is 3.53. The molecule has 0 aliphatic rings. The van der Waals surface area contributed by atoms with Crippen molar-refractivity contribution in [2.45, 2.75) is 5.16 Å². The summed E-state index contributed by atoms with van der Waals surface area (Å²) < 4.78 is 0. The van der Waals surface area contributed by atoms with Crippen LogP contribution < -0.4 is 5.56 Å². The number of nitrogens with zero attached hydrogens (tertiary/aromatic N) is 2. The highest BCUT2D eigenvalue weighted by atomic mass is 32.2. The van der Waals surface area contributed by atoms with Crippen LogP contribution in [0.4, 0.5) is 0 Å². The molecule has 0 aliphatic heterocycles. The van der Waals surface area contributed by atoms with E-state index >= 15 is 0 Å². The van der Waals surface area contributed by atoms with Gasteiger partial charge in [-0.2, -0.15) is 0 Å². The highest BCUT2D eigenvalue weighted by Gasteiger charge is 2.10. The van der Waals surface area contributed by atoms with Gasteiger partial charge in [0.2, 0.25) is 0 Å². The summed E-state index contributed by atoms with van der Waals surface area (Å²) in [7, 11) is 0. The highest BCUT2D eigenvalue weighted by Crippen LogP contribution is 2.22. The molecule has 0 unspecified atom stereocenters. The van der Waals surface area contributed by atoms with Gasteiger partial charge in [-0.15, -0.1) is 0 Å². The Kier molecular flexibility index (Phi) is 2.90. The van der Waals surface area contributed by atoms with E-state index in [1.807, 2.05) is 6.26 Å². The van der Waals surface area contributed by atoms with Gasteiger partial charge in [-0.1, -0.05) is 17.8 Å². The predicted octanol–water partition coefficient (Wildman–Crippen LogP) is 1.89. The van der Waals surface area contributed by atoms with Gasteiger partial charge in [-0.3, -0.25) is 4.79 Å². The average Bonchev–Trinajstić information content (AvgIpc) is 2.46. The lowest BCUT2D eigenvalue weighted by Gasteiger charge is -2.04. The number of fused-ring (bicyclic) bond motifs is 3. The molecule has 2 heterocycles. The summed E-state index contributed by atoms with van der Waals surface area (Å²) in [6.45, 7) is 0. The van der Waals surface area contributed by atoms with E-state index in [9.17, 15) is 9.59 Å². The second-order valence-corrected chi connectivity index (χ2v) is 4.91. The molecule has 2 aromatic heterocycles. The number of carboxylic acid groups (broad SMARTS) is 1. The van der Waals surface area contributed by atoms with Crippen LogP contribution in [0.5, 0.6) is 0 Å². The minimum atomic E-state index is -1.04.